The molecule has 1 aromatic heterocycles. The van der Waals surface area contributed by atoms with E-state index in [1.54, 1.807) is 18.2 Å². The van der Waals surface area contributed by atoms with E-state index in [0.29, 0.717) is 5.56 Å². The Kier molecular flexibility index (Phi) is 4.39. The zero-order valence-corrected chi connectivity index (χ0v) is 13.6. The zero-order valence-electron chi connectivity index (χ0n) is 12.8. The number of aryl methyl sites for hydroxylation is 1. The lowest BCUT2D eigenvalue weighted by Crippen LogP contribution is -1.97. The fourth-order valence-electron chi connectivity index (χ4n) is 2.17. The van der Waals surface area contributed by atoms with E-state index in [-0.39, 0.29) is 0 Å². The van der Waals surface area contributed by atoms with Crippen LogP contribution in [-0.2, 0) is 0 Å². The van der Waals surface area contributed by atoms with Crippen LogP contribution in [0.3, 0.4) is 0 Å². The molecule has 1 heterocycles. The molecule has 0 fully saturated rings. The van der Waals surface area contributed by atoms with E-state index in [0.717, 1.165) is 16.3 Å². The first-order valence-corrected chi connectivity index (χ1v) is 8.07. The van der Waals surface area contributed by atoms with E-state index >= 15 is 0 Å². The van der Waals surface area contributed by atoms with Crippen LogP contribution < -0.4 is 5.11 Å². The summed E-state index contributed by atoms with van der Waals surface area (Å²) in [4.78, 5) is 14.7. The maximum absolute atomic E-state index is 11.4. The summed E-state index contributed by atoms with van der Waals surface area (Å²) >= 11 is 1.49. The van der Waals surface area contributed by atoms with Crippen molar-refractivity contribution in [3.8, 4) is 17.0 Å². The molecule has 120 valence electrons. The standard InChI is InChI=1S/C18H14N2O3S/c1-12-2-6-14(7-3-12)15-11-24-18(19-15)9-5-13-4-8-17(21)16(10-13)20(22)23/h2-11,21H,1H3/p-1/b9-5+. The minimum absolute atomic E-state index is 0.420. The molecule has 6 heteroatoms. The highest BCUT2D eigenvalue weighted by Gasteiger charge is 2.07. The number of aromatic nitrogens is 1. The maximum atomic E-state index is 11.4. The first kappa shape index (κ1) is 15.9. The van der Waals surface area contributed by atoms with E-state index in [9.17, 15) is 15.2 Å². The monoisotopic (exact) mass is 337 g/mol. The average molecular weight is 337 g/mol. The van der Waals surface area contributed by atoms with Crippen LogP contribution in [0.2, 0.25) is 0 Å². The molecule has 3 rings (SSSR count). The van der Waals surface area contributed by atoms with Gasteiger partial charge in [0.05, 0.1) is 10.6 Å². The second-order valence-corrected chi connectivity index (χ2v) is 6.14. The summed E-state index contributed by atoms with van der Waals surface area (Å²) in [6.07, 6.45) is 3.50. The predicted molar refractivity (Wildman–Crippen MR) is 93.8 cm³/mol. The van der Waals surface area contributed by atoms with Gasteiger partial charge in [0.2, 0.25) is 0 Å². The molecule has 0 radical (unpaired) electrons. The summed E-state index contributed by atoms with van der Waals surface area (Å²) in [5.41, 5.74) is 3.30. The number of nitro benzene ring substituents is 1. The number of nitro groups is 1. The third-order valence-electron chi connectivity index (χ3n) is 3.47. The third-order valence-corrected chi connectivity index (χ3v) is 4.28. The van der Waals surface area contributed by atoms with Crippen molar-refractivity contribution in [2.75, 3.05) is 0 Å². The molecule has 0 spiro atoms. The molecule has 24 heavy (non-hydrogen) atoms. The fourth-order valence-corrected chi connectivity index (χ4v) is 2.89. The van der Waals surface area contributed by atoms with Crippen molar-refractivity contribution < 1.29 is 10.0 Å². The first-order valence-electron chi connectivity index (χ1n) is 7.19. The van der Waals surface area contributed by atoms with Crippen LogP contribution in [0.5, 0.6) is 5.75 Å². The third kappa shape index (κ3) is 3.49. The van der Waals surface area contributed by atoms with E-state index in [1.165, 1.54) is 29.0 Å². The lowest BCUT2D eigenvalue weighted by molar-refractivity contribution is -0.398. The van der Waals surface area contributed by atoms with Crippen LogP contribution in [0.25, 0.3) is 23.4 Å². The van der Waals surface area contributed by atoms with Crippen LogP contribution in [0.15, 0.2) is 47.8 Å². The van der Waals surface area contributed by atoms with Crippen LogP contribution >= 0.6 is 11.3 Å². The van der Waals surface area contributed by atoms with E-state index in [4.69, 9.17) is 0 Å². The zero-order chi connectivity index (χ0) is 17.1. The molecule has 0 amide bonds. The summed E-state index contributed by atoms with van der Waals surface area (Å²) in [6.45, 7) is 2.03. The number of hydrogen-bond donors (Lipinski definition) is 0. The van der Waals surface area contributed by atoms with Gasteiger partial charge in [0.25, 0.3) is 5.69 Å². The molecule has 0 N–H and O–H groups in total. The summed E-state index contributed by atoms with van der Waals surface area (Å²) in [5, 5.41) is 25.0. The lowest BCUT2D eigenvalue weighted by atomic mass is 10.1. The van der Waals surface area contributed by atoms with Crippen molar-refractivity contribution in [1.29, 1.82) is 0 Å². The molecular formula is C18H13N2O3S-. The highest BCUT2D eigenvalue weighted by atomic mass is 32.1. The molecule has 3 aromatic rings. The Morgan fingerprint density at radius 1 is 1.12 bits per heavy atom. The van der Waals surface area contributed by atoms with Gasteiger partial charge in [-0.1, -0.05) is 48.0 Å². The van der Waals surface area contributed by atoms with Crippen molar-refractivity contribution in [3.05, 3.63) is 74.1 Å². The molecule has 0 saturated carbocycles. The van der Waals surface area contributed by atoms with Crippen molar-refractivity contribution in [3.63, 3.8) is 0 Å². The number of hydrogen-bond acceptors (Lipinski definition) is 5. The van der Waals surface area contributed by atoms with Crippen LogP contribution in [0, 0.1) is 17.0 Å². The average Bonchev–Trinajstić information content (AvgIpc) is 3.03. The Morgan fingerprint density at radius 3 is 2.58 bits per heavy atom. The largest absolute Gasteiger partial charge is 0.868 e. The molecule has 0 atom stereocenters. The van der Waals surface area contributed by atoms with Gasteiger partial charge in [-0.15, -0.1) is 11.3 Å². The predicted octanol–water partition coefficient (Wildman–Crippen LogP) is 4.27. The van der Waals surface area contributed by atoms with Crippen molar-refractivity contribution in [2.45, 2.75) is 6.92 Å². The van der Waals surface area contributed by atoms with Crippen molar-refractivity contribution in [2.24, 2.45) is 0 Å². The second kappa shape index (κ2) is 6.64. The molecule has 0 unspecified atom stereocenters. The van der Waals surface area contributed by atoms with Crippen LogP contribution in [0.4, 0.5) is 5.69 Å². The summed E-state index contributed by atoms with van der Waals surface area (Å²) in [6, 6.07) is 12.1. The minimum Gasteiger partial charge on any atom is -0.868 e. The van der Waals surface area contributed by atoms with Crippen molar-refractivity contribution in [1.82, 2.24) is 4.98 Å². The van der Waals surface area contributed by atoms with Gasteiger partial charge in [-0.2, -0.15) is 0 Å². The summed E-state index contributed by atoms with van der Waals surface area (Å²) < 4.78 is 0. The minimum atomic E-state index is -0.668. The topological polar surface area (TPSA) is 79.1 Å². The van der Waals surface area contributed by atoms with Gasteiger partial charge < -0.3 is 5.11 Å². The Bertz CT molecular complexity index is 914. The van der Waals surface area contributed by atoms with E-state index in [1.807, 2.05) is 36.6 Å². The van der Waals surface area contributed by atoms with Gasteiger partial charge in [0, 0.05) is 17.0 Å². The normalized spacial score (nSPS) is 11.0. The molecule has 0 aliphatic heterocycles. The molecular weight excluding hydrogens is 324 g/mol. The number of thiazole rings is 1. The van der Waals surface area contributed by atoms with Crippen LogP contribution in [0.1, 0.15) is 16.1 Å². The summed E-state index contributed by atoms with van der Waals surface area (Å²) in [7, 11) is 0. The smallest absolute Gasteiger partial charge is 0.262 e. The molecule has 0 aliphatic rings. The number of nitrogens with zero attached hydrogens (tertiary/aromatic N) is 2. The molecule has 5 nitrogen and oxygen atoms in total. The highest BCUT2D eigenvalue weighted by Crippen LogP contribution is 2.26. The van der Waals surface area contributed by atoms with Gasteiger partial charge in [-0.05, 0) is 24.3 Å². The fraction of sp³-hybridized carbons (Fsp3) is 0.0556. The molecule has 0 aliphatic carbocycles. The number of rotatable bonds is 4. The Morgan fingerprint density at radius 2 is 1.88 bits per heavy atom. The van der Waals surface area contributed by atoms with Gasteiger partial charge in [0.15, 0.2) is 0 Å². The Hall–Kier alpha value is -2.99. The van der Waals surface area contributed by atoms with Gasteiger partial charge in [0.1, 0.15) is 5.01 Å². The second-order valence-electron chi connectivity index (χ2n) is 5.25. The van der Waals surface area contributed by atoms with E-state index < -0.39 is 16.4 Å². The summed E-state index contributed by atoms with van der Waals surface area (Å²) in [5.74, 6) is -0.590. The molecule has 0 bridgehead atoms. The van der Waals surface area contributed by atoms with Gasteiger partial charge in [-0.3, -0.25) is 10.1 Å². The van der Waals surface area contributed by atoms with Crippen molar-refractivity contribution >= 4 is 29.2 Å². The lowest BCUT2D eigenvalue weighted by Gasteiger charge is -2.05. The Balaban J connectivity index is 1.82. The number of benzene rings is 2. The van der Waals surface area contributed by atoms with Gasteiger partial charge >= 0.3 is 0 Å². The Labute approximate surface area is 142 Å². The van der Waals surface area contributed by atoms with Gasteiger partial charge in [-0.25, -0.2) is 4.98 Å². The molecule has 2 aromatic carbocycles. The quantitative estimate of drug-likeness (QED) is 0.526. The van der Waals surface area contributed by atoms with E-state index in [2.05, 4.69) is 4.98 Å². The highest BCUT2D eigenvalue weighted by molar-refractivity contribution is 7.10. The SMILES string of the molecule is Cc1ccc(-c2csc(/C=C/c3ccc([O-])c([N+](=O)[O-])c3)n2)cc1. The first-order chi connectivity index (χ1) is 11.5. The maximum Gasteiger partial charge on any atom is 0.262 e. The molecule has 0 saturated heterocycles. The van der Waals surface area contributed by atoms with Crippen LogP contribution in [-0.4, -0.2) is 9.91 Å².